The van der Waals surface area contributed by atoms with Crippen LogP contribution in [-0.4, -0.2) is 56.8 Å². The summed E-state index contributed by atoms with van der Waals surface area (Å²) in [6.45, 7) is 0.626. The van der Waals surface area contributed by atoms with E-state index in [0.29, 0.717) is 0 Å². The number of aromatic amines is 1. The topological polar surface area (TPSA) is 194 Å². The number of aromatic nitrogens is 2. The molecule has 1 fully saturated rings. The third kappa shape index (κ3) is 6.88. The molecule has 1 aromatic rings. The monoisotopic (exact) mass is 424 g/mol. The Balaban J connectivity index is 0.00000338. The van der Waals surface area contributed by atoms with Gasteiger partial charge in [-0.2, -0.15) is 0 Å². The van der Waals surface area contributed by atoms with Crippen LogP contribution in [0.15, 0.2) is 15.8 Å². The van der Waals surface area contributed by atoms with Crippen LogP contribution in [0, 0.1) is 6.92 Å². The van der Waals surface area contributed by atoms with Gasteiger partial charge in [0.1, 0.15) is 25.9 Å². The number of aliphatic hydroxyl groups is 2. The molecule has 3 N–H and O–H groups in total. The second kappa shape index (κ2) is 10.8. The molecule has 1 unspecified atom stereocenters. The van der Waals surface area contributed by atoms with Gasteiger partial charge in [0, 0.05) is 17.7 Å². The SMILES string of the molecule is Cc1cn([C@@H]2O[C@H](COP(=O)([O-])CC(=O)[O-])[C@@H](O)[C@@H]2O)c(=O)[nH]c1=O.[Na+].[Na+]. The Morgan fingerprint density at radius 1 is 1.37 bits per heavy atom. The molecule has 0 saturated carbocycles. The molecular formula is C12H15N2Na2O10P. The summed E-state index contributed by atoms with van der Waals surface area (Å²) in [5.41, 5.74) is -1.40. The molecule has 1 aliphatic rings. The van der Waals surface area contributed by atoms with Crippen molar-refractivity contribution in [1.29, 1.82) is 0 Å². The number of carbonyl (C=O) groups is 1. The number of ether oxygens (including phenoxy) is 1. The second-order valence-corrected chi connectivity index (χ2v) is 7.26. The van der Waals surface area contributed by atoms with Crippen molar-refractivity contribution in [3.05, 3.63) is 32.6 Å². The standard InChI is InChI=1S/C12H17N2O10P.2Na/c1-5-2-14(12(20)13-10(5)19)11-9(18)8(17)6(24-11)3-23-25(21,22)4-7(15)16;;/h2,6,8-9,11,17-18H,3-4H2,1H3,(H,15,16)(H,21,22)(H,13,19,20);;/q;2*+1/p-2/t6-,8-,9+,11-;;/m1../s1. The van der Waals surface area contributed by atoms with Crippen LogP contribution in [0.1, 0.15) is 11.8 Å². The van der Waals surface area contributed by atoms with Gasteiger partial charge in [-0.15, -0.1) is 0 Å². The van der Waals surface area contributed by atoms with Crippen molar-refractivity contribution >= 4 is 13.6 Å². The van der Waals surface area contributed by atoms with Gasteiger partial charge in [-0.05, 0) is 6.92 Å². The van der Waals surface area contributed by atoms with E-state index in [0.717, 1.165) is 10.8 Å². The Bertz CT molecular complexity index is 827. The van der Waals surface area contributed by atoms with Gasteiger partial charge in [0.25, 0.3) is 5.56 Å². The van der Waals surface area contributed by atoms with Gasteiger partial charge in [0.2, 0.25) is 0 Å². The summed E-state index contributed by atoms with van der Waals surface area (Å²) >= 11 is 0. The van der Waals surface area contributed by atoms with Crippen molar-refractivity contribution in [1.82, 2.24) is 9.55 Å². The van der Waals surface area contributed by atoms with Crippen LogP contribution in [0.3, 0.4) is 0 Å². The Hall–Kier alpha value is 0.180. The van der Waals surface area contributed by atoms with Crippen LogP contribution >= 0.6 is 7.60 Å². The van der Waals surface area contributed by atoms with E-state index in [2.05, 4.69) is 4.52 Å². The predicted octanol–water partition coefficient (Wildman–Crippen LogP) is -10.2. The fraction of sp³-hybridized carbons (Fsp3) is 0.583. The summed E-state index contributed by atoms with van der Waals surface area (Å²) in [4.78, 5) is 46.8. The maximum absolute atomic E-state index is 11.8. The van der Waals surface area contributed by atoms with Crippen LogP contribution in [0.5, 0.6) is 0 Å². The van der Waals surface area contributed by atoms with Gasteiger partial charge < -0.3 is 38.8 Å². The molecule has 0 bridgehead atoms. The number of carboxylic acid groups (broad SMARTS) is 1. The number of aliphatic hydroxyl groups excluding tert-OH is 2. The Labute approximate surface area is 196 Å². The zero-order chi connectivity index (χ0) is 18.9. The number of carbonyl (C=O) groups excluding carboxylic acids is 1. The number of hydrogen-bond donors (Lipinski definition) is 3. The summed E-state index contributed by atoms with van der Waals surface area (Å²) in [5.74, 6) is -1.86. The molecule has 15 heteroatoms. The molecule has 0 amide bonds. The molecular weight excluding hydrogens is 409 g/mol. The van der Waals surface area contributed by atoms with Crippen molar-refractivity contribution in [3.8, 4) is 0 Å². The zero-order valence-corrected chi connectivity index (χ0v) is 19.8. The molecule has 27 heavy (non-hydrogen) atoms. The average molecular weight is 424 g/mol. The zero-order valence-electron chi connectivity index (χ0n) is 14.9. The molecule has 12 nitrogen and oxygen atoms in total. The summed E-state index contributed by atoms with van der Waals surface area (Å²) in [7, 11) is -4.76. The summed E-state index contributed by atoms with van der Waals surface area (Å²) < 4.78 is 21.9. The van der Waals surface area contributed by atoms with E-state index >= 15 is 0 Å². The van der Waals surface area contributed by atoms with Gasteiger partial charge in [0.05, 0.1) is 12.8 Å². The molecule has 1 aliphatic heterocycles. The number of hydrogen-bond acceptors (Lipinski definition) is 10. The quantitative estimate of drug-likeness (QED) is 0.291. The number of H-pyrrole nitrogens is 1. The van der Waals surface area contributed by atoms with Crippen molar-refractivity contribution in [2.75, 3.05) is 12.8 Å². The summed E-state index contributed by atoms with van der Waals surface area (Å²) in [6, 6.07) is 0. The number of aliphatic carboxylic acids is 1. The first-order valence-electron chi connectivity index (χ1n) is 7.00. The van der Waals surface area contributed by atoms with Crippen LogP contribution < -0.4 is 80.4 Å². The Morgan fingerprint density at radius 2 is 1.96 bits per heavy atom. The number of carboxylic acids is 1. The minimum atomic E-state index is -4.76. The second-order valence-electron chi connectivity index (χ2n) is 5.46. The predicted molar refractivity (Wildman–Crippen MR) is 75.4 cm³/mol. The number of aryl methyl sites for hydroxylation is 1. The summed E-state index contributed by atoms with van der Waals surface area (Å²) in [5, 5.41) is 30.2. The molecule has 2 rings (SSSR count). The molecule has 0 aliphatic carbocycles. The smallest absolute Gasteiger partial charge is 0.778 e. The largest absolute Gasteiger partial charge is 1.00 e. The first-order valence-corrected chi connectivity index (χ1v) is 8.73. The minimum Gasteiger partial charge on any atom is -0.778 e. The molecule has 0 spiro atoms. The van der Waals surface area contributed by atoms with E-state index in [-0.39, 0.29) is 64.7 Å². The van der Waals surface area contributed by atoms with E-state index in [1.54, 1.807) is 0 Å². The molecule has 2 heterocycles. The minimum absolute atomic E-state index is 0. The molecule has 1 saturated heterocycles. The van der Waals surface area contributed by atoms with E-state index in [1.807, 2.05) is 4.98 Å². The fourth-order valence-corrected chi connectivity index (χ4v) is 3.04. The van der Waals surface area contributed by atoms with Gasteiger partial charge in [-0.1, -0.05) is 0 Å². The maximum atomic E-state index is 11.8. The number of rotatable bonds is 6. The normalized spacial score (nSPS) is 26.5. The van der Waals surface area contributed by atoms with E-state index in [1.165, 1.54) is 6.92 Å². The fourth-order valence-electron chi connectivity index (χ4n) is 2.26. The number of nitrogens with zero attached hydrogens (tertiary/aromatic N) is 1. The molecule has 140 valence electrons. The van der Waals surface area contributed by atoms with Crippen molar-refractivity contribution < 1.29 is 97.9 Å². The van der Waals surface area contributed by atoms with Crippen LogP contribution in [0.2, 0.25) is 0 Å². The number of nitrogens with one attached hydrogen (secondary N) is 1. The van der Waals surface area contributed by atoms with Crippen molar-refractivity contribution in [3.63, 3.8) is 0 Å². The van der Waals surface area contributed by atoms with Crippen LogP contribution in [0.4, 0.5) is 0 Å². The summed E-state index contributed by atoms with van der Waals surface area (Å²) in [6.07, 6.45) is -6.25. The molecule has 0 aromatic carbocycles. The van der Waals surface area contributed by atoms with E-state index in [4.69, 9.17) is 4.74 Å². The Morgan fingerprint density at radius 3 is 2.52 bits per heavy atom. The van der Waals surface area contributed by atoms with Crippen molar-refractivity contribution in [2.45, 2.75) is 31.5 Å². The van der Waals surface area contributed by atoms with E-state index in [9.17, 15) is 39.2 Å². The first-order chi connectivity index (χ1) is 11.5. The molecule has 0 radical (unpaired) electrons. The van der Waals surface area contributed by atoms with Crippen molar-refractivity contribution in [2.24, 2.45) is 0 Å². The van der Waals surface area contributed by atoms with E-state index < -0.39 is 62.1 Å². The molecule has 1 aromatic heterocycles. The van der Waals surface area contributed by atoms with Crippen LogP contribution in [0.25, 0.3) is 0 Å². The van der Waals surface area contributed by atoms with Gasteiger partial charge in [0.15, 0.2) is 6.23 Å². The first kappa shape index (κ1) is 27.2. The Kier molecular flexibility index (Phi) is 10.9. The van der Waals surface area contributed by atoms with Crippen LogP contribution in [-0.2, 0) is 18.6 Å². The average Bonchev–Trinajstić information content (AvgIpc) is 2.76. The third-order valence-corrected chi connectivity index (χ3v) is 4.70. The molecule has 5 atom stereocenters. The van der Waals surface area contributed by atoms with Gasteiger partial charge in [-0.25, -0.2) is 4.79 Å². The van der Waals surface area contributed by atoms with Gasteiger partial charge in [-0.3, -0.25) is 14.3 Å². The maximum Gasteiger partial charge on any atom is 1.00 e. The van der Waals surface area contributed by atoms with Gasteiger partial charge >= 0.3 is 64.8 Å². The third-order valence-electron chi connectivity index (χ3n) is 3.52.